The first-order valence-corrected chi connectivity index (χ1v) is 6.97. The number of benzene rings is 2. The fraction of sp³-hybridized carbons (Fsp3) is 0.125. The zero-order valence-corrected chi connectivity index (χ0v) is 12.5. The Labute approximate surface area is 133 Å². The first kappa shape index (κ1) is 15.9. The van der Waals surface area contributed by atoms with E-state index in [1.165, 1.54) is 0 Å². The summed E-state index contributed by atoms with van der Waals surface area (Å²) in [6.45, 7) is 0.183. The van der Waals surface area contributed by atoms with E-state index in [1.54, 1.807) is 30.5 Å². The Hall–Kier alpha value is -2.53. The number of ether oxygens (including phenoxy) is 1. The number of carboxylic acids is 1. The first-order valence-electron chi connectivity index (χ1n) is 6.59. The molecule has 0 aliphatic carbocycles. The summed E-state index contributed by atoms with van der Waals surface area (Å²) in [6.07, 6.45) is 1.66. The van der Waals surface area contributed by atoms with Crippen LogP contribution in [0.4, 0.5) is 0 Å². The lowest BCUT2D eigenvalue weighted by Crippen LogP contribution is -2.09. The molecule has 2 N–H and O–H groups in total. The largest absolute Gasteiger partial charge is 0.482 e. The number of nitrogens with one attached hydrogen (secondary N) is 1. The molecule has 0 amide bonds. The minimum Gasteiger partial charge on any atom is -0.482 e. The zero-order valence-electron chi connectivity index (χ0n) is 11.7. The second kappa shape index (κ2) is 8.05. The van der Waals surface area contributed by atoms with Gasteiger partial charge in [0.05, 0.1) is 12.8 Å². The van der Waals surface area contributed by atoms with Crippen molar-refractivity contribution in [1.82, 2.24) is 5.43 Å². The van der Waals surface area contributed by atoms with Gasteiger partial charge in [0.25, 0.3) is 0 Å². The summed E-state index contributed by atoms with van der Waals surface area (Å²) in [5, 5.41) is 13.3. The Kier molecular flexibility index (Phi) is 5.80. The summed E-state index contributed by atoms with van der Waals surface area (Å²) >= 11 is 6.04. The Balaban J connectivity index is 1.83. The summed E-state index contributed by atoms with van der Waals surface area (Å²) < 4.78 is 5.04. The van der Waals surface area contributed by atoms with Gasteiger partial charge in [-0.25, -0.2) is 4.79 Å². The van der Waals surface area contributed by atoms with Gasteiger partial charge in [-0.3, -0.25) is 0 Å². The molecule has 0 saturated carbocycles. The van der Waals surface area contributed by atoms with Crippen LogP contribution < -0.4 is 10.2 Å². The fourth-order valence-electron chi connectivity index (χ4n) is 1.69. The van der Waals surface area contributed by atoms with Crippen molar-refractivity contribution in [3.63, 3.8) is 0 Å². The molecule has 0 radical (unpaired) electrons. The number of aliphatic carboxylic acids is 1. The molecule has 0 saturated heterocycles. The van der Waals surface area contributed by atoms with Crippen LogP contribution in [-0.2, 0) is 11.3 Å². The molecule has 0 spiro atoms. The van der Waals surface area contributed by atoms with E-state index in [4.69, 9.17) is 21.4 Å². The molecule has 0 unspecified atom stereocenters. The summed E-state index contributed by atoms with van der Waals surface area (Å²) in [5.41, 5.74) is 4.76. The van der Waals surface area contributed by atoms with Gasteiger partial charge in [-0.1, -0.05) is 29.8 Å². The van der Waals surface area contributed by atoms with Crippen LogP contribution in [0.1, 0.15) is 11.1 Å². The molecule has 114 valence electrons. The lowest BCUT2D eigenvalue weighted by Gasteiger charge is -2.04. The highest BCUT2D eigenvalue weighted by Crippen LogP contribution is 2.14. The molecule has 5 nitrogen and oxygen atoms in total. The van der Waals surface area contributed by atoms with Crippen LogP contribution in [0.2, 0.25) is 5.02 Å². The zero-order chi connectivity index (χ0) is 15.8. The number of hydrogen-bond donors (Lipinski definition) is 2. The number of carboxylic acid groups (broad SMARTS) is 1. The molecular formula is C16H15ClN2O3. The summed E-state index contributed by atoms with van der Waals surface area (Å²) in [7, 11) is 0. The number of hydrogen-bond acceptors (Lipinski definition) is 4. The van der Waals surface area contributed by atoms with Crippen molar-refractivity contribution in [2.24, 2.45) is 5.10 Å². The van der Waals surface area contributed by atoms with Crippen LogP contribution in [0.3, 0.4) is 0 Å². The SMILES string of the molecule is O=C(O)COc1ccc(/C=N\NCc2ccccc2Cl)cc1. The van der Waals surface area contributed by atoms with Crippen LogP contribution in [0.5, 0.6) is 5.75 Å². The molecule has 0 aromatic heterocycles. The number of carbonyl (C=O) groups is 1. The van der Waals surface area contributed by atoms with E-state index in [2.05, 4.69) is 10.5 Å². The Morgan fingerprint density at radius 3 is 2.64 bits per heavy atom. The molecule has 0 heterocycles. The average Bonchev–Trinajstić information content (AvgIpc) is 2.52. The van der Waals surface area contributed by atoms with Gasteiger partial charge in [0.15, 0.2) is 6.61 Å². The van der Waals surface area contributed by atoms with Crippen molar-refractivity contribution in [2.45, 2.75) is 6.54 Å². The standard InChI is InChI=1S/C16H15ClN2O3/c17-15-4-2-1-3-13(15)10-19-18-9-12-5-7-14(8-6-12)22-11-16(20)21/h1-9,19H,10-11H2,(H,20,21)/b18-9-. The molecule has 0 bridgehead atoms. The van der Waals surface area contributed by atoms with Crippen molar-refractivity contribution in [1.29, 1.82) is 0 Å². The molecule has 0 aliphatic heterocycles. The molecule has 0 aliphatic rings. The summed E-state index contributed by atoms with van der Waals surface area (Å²) in [5.74, 6) is -0.502. The van der Waals surface area contributed by atoms with Gasteiger partial charge < -0.3 is 15.3 Å². The van der Waals surface area contributed by atoms with Crippen LogP contribution in [-0.4, -0.2) is 23.9 Å². The van der Waals surface area contributed by atoms with Crippen molar-refractivity contribution in [3.8, 4) is 5.75 Å². The van der Waals surface area contributed by atoms with Crippen molar-refractivity contribution in [2.75, 3.05) is 6.61 Å². The van der Waals surface area contributed by atoms with Crippen LogP contribution in [0.15, 0.2) is 53.6 Å². The van der Waals surface area contributed by atoms with Crippen molar-refractivity contribution < 1.29 is 14.6 Å². The van der Waals surface area contributed by atoms with Gasteiger partial charge in [0, 0.05) is 5.02 Å². The highest BCUT2D eigenvalue weighted by molar-refractivity contribution is 6.31. The second-order valence-corrected chi connectivity index (χ2v) is 4.84. The third-order valence-corrected chi connectivity index (χ3v) is 3.14. The van der Waals surface area contributed by atoms with Crippen molar-refractivity contribution >= 4 is 23.8 Å². The average molecular weight is 319 g/mol. The smallest absolute Gasteiger partial charge is 0.341 e. The number of hydrazone groups is 1. The maximum absolute atomic E-state index is 10.4. The van der Waals surface area contributed by atoms with Gasteiger partial charge in [-0.15, -0.1) is 0 Å². The normalized spacial score (nSPS) is 10.6. The maximum atomic E-state index is 10.4. The van der Waals surface area contributed by atoms with Gasteiger partial charge in [0.2, 0.25) is 0 Å². The van der Waals surface area contributed by atoms with E-state index in [1.807, 2.05) is 24.3 Å². The predicted molar refractivity (Wildman–Crippen MR) is 85.5 cm³/mol. The number of nitrogens with zero attached hydrogens (tertiary/aromatic N) is 1. The number of rotatable bonds is 7. The lowest BCUT2D eigenvalue weighted by atomic mass is 10.2. The Morgan fingerprint density at radius 2 is 1.95 bits per heavy atom. The highest BCUT2D eigenvalue weighted by Gasteiger charge is 1.99. The van der Waals surface area contributed by atoms with Gasteiger partial charge in [-0.2, -0.15) is 5.10 Å². The molecule has 6 heteroatoms. The summed E-state index contributed by atoms with van der Waals surface area (Å²) in [4.78, 5) is 10.4. The Morgan fingerprint density at radius 1 is 1.23 bits per heavy atom. The number of halogens is 1. The molecule has 2 rings (SSSR count). The minimum atomic E-state index is -1.01. The molecule has 0 atom stereocenters. The predicted octanol–water partition coefficient (Wildman–Crippen LogP) is 2.93. The van der Waals surface area contributed by atoms with Crippen LogP contribution in [0.25, 0.3) is 0 Å². The molecule has 22 heavy (non-hydrogen) atoms. The fourth-order valence-corrected chi connectivity index (χ4v) is 1.89. The lowest BCUT2D eigenvalue weighted by molar-refractivity contribution is -0.139. The first-order chi connectivity index (χ1) is 10.6. The highest BCUT2D eigenvalue weighted by atomic mass is 35.5. The van der Waals surface area contributed by atoms with E-state index >= 15 is 0 Å². The molecule has 0 fully saturated rings. The van der Waals surface area contributed by atoms with E-state index in [-0.39, 0.29) is 6.61 Å². The third kappa shape index (κ3) is 5.10. The molecular weight excluding hydrogens is 304 g/mol. The quantitative estimate of drug-likeness (QED) is 0.608. The van der Waals surface area contributed by atoms with Gasteiger partial charge in [-0.05, 0) is 41.5 Å². The van der Waals surface area contributed by atoms with Crippen LogP contribution >= 0.6 is 11.6 Å². The van der Waals surface area contributed by atoms with E-state index in [0.717, 1.165) is 11.1 Å². The Bertz CT molecular complexity index is 657. The topological polar surface area (TPSA) is 70.9 Å². The molecule has 2 aromatic carbocycles. The van der Waals surface area contributed by atoms with E-state index in [0.29, 0.717) is 17.3 Å². The minimum absolute atomic E-state index is 0.354. The maximum Gasteiger partial charge on any atom is 0.341 e. The van der Waals surface area contributed by atoms with Crippen molar-refractivity contribution in [3.05, 3.63) is 64.7 Å². The second-order valence-electron chi connectivity index (χ2n) is 4.44. The van der Waals surface area contributed by atoms with Gasteiger partial charge >= 0.3 is 5.97 Å². The van der Waals surface area contributed by atoms with E-state index in [9.17, 15) is 4.79 Å². The van der Waals surface area contributed by atoms with E-state index < -0.39 is 5.97 Å². The monoisotopic (exact) mass is 318 g/mol. The summed E-state index contributed by atoms with van der Waals surface area (Å²) in [6, 6.07) is 14.5. The van der Waals surface area contributed by atoms with Gasteiger partial charge in [0.1, 0.15) is 5.75 Å². The van der Waals surface area contributed by atoms with Crippen LogP contribution in [0, 0.1) is 0 Å². The third-order valence-electron chi connectivity index (χ3n) is 2.77. The molecule has 2 aromatic rings.